The first-order valence-electron chi connectivity index (χ1n) is 6.31. The molecule has 1 N–H and O–H groups in total. The quantitative estimate of drug-likeness (QED) is 0.579. The summed E-state index contributed by atoms with van der Waals surface area (Å²) >= 11 is 4.72. The molecule has 0 atom stereocenters. The smallest absolute Gasteiger partial charge is 0.235 e. The van der Waals surface area contributed by atoms with Gasteiger partial charge in [0.05, 0.1) is 17.3 Å². The number of halogens is 2. The Labute approximate surface area is 136 Å². The van der Waals surface area contributed by atoms with E-state index in [4.69, 9.17) is 0 Å². The van der Waals surface area contributed by atoms with Gasteiger partial charge >= 0.3 is 0 Å². The molecule has 22 heavy (non-hydrogen) atoms. The van der Waals surface area contributed by atoms with Crippen LogP contribution in [0.25, 0.3) is 26.9 Å². The van der Waals surface area contributed by atoms with E-state index in [1.807, 2.05) is 6.92 Å². The number of H-pyrrole nitrogens is 1. The van der Waals surface area contributed by atoms with Gasteiger partial charge in [-0.25, -0.2) is 4.39 Å². The molecule has 1 aromatic carbocycles. The molecular weight excluding hydrogens is 371 g/mol. The van der Waals surface area contributed by atoms with Crippen LogP contribution in [-0.4, -0.2) is 30.0 Å². The zero-order chi connectivity index (χ0) is 15.3. The fourth-order valence-corrected chi connectivity index (χ4v) is 3.40. The summed E-state index contributed by atoms with van der Waals surface area (Å²) < 4.78 is 16.4. The van der Waals surface area contributed by atoms with Crippen molar-refractivity contribution in [2.24, 2.45) is 0 Å². The topological polar surface area (TPSA) is 71.8 Å². The molecule has 4 aromatic rings. The van der Waals surface area contributed by atoms with Gasteiger partial charge in [-0.1, -0.05) is 27.3 Å². The molecule has 0 saturated heterocycles. The number of aromatic nitrogens is 6. The minimum absolute atomic E-state index is 0.350. The zero-order valence-electron chi connectivity index (χ0n) is 11.2. The molecule has 0 saturated carbocycles. The average Bonchev–Trinajstić information content (AvgIpc) is 3.16. The number of nitrogens with zero attached hydrogens (tertiary/aromatic N) is 5. The van der Waals surface area contributed by atoms with Gasteiger partial charge in [0.2, 0.25) is 4.96 Å². The Morgan fingerprint density at radius 1 is 1.27 bits per heavy atom. The number of hydrogen-bond donors (Lipinski definition) is 1. The van der Waals surface area contributed by atoms with Crippen molar-refractivity contribution in [3.63, 3.8) is 0 Å². The molecule has 9 heteroatoms. The highest BCUT2D eigenvalue weighted by Gasteiger charge is 2.18. The predicted molar refractivity (Wildman–Crippen MR) is 84.1 cm³/mol. The van der Waals surface area contributed by atoms with E-state index in [0.717, 1.165) is 20.7 Å². The largest absolute Gasteiger partial charge is 0.282 e. The molecule has 6 nitrogen and oxygen atoms in total. The molecule has 0 bridgehead atoms. The molecular formula is C13H8BrFN6S. The maximum atomic E-state index is 14.1. The van der Waals surface area contributed by atoms with Crippen LogP contribution in [0, 0.1) is 12.7 Å². The van der Waals surface area contributed by atoms with Crippen molar-refractivity contribution in [1.29, 1.82) is 0 Å². The van der Waals surface area contributed by atoms with Crippen molar-refractivity contribution in [3.8, 4) is 22.0 Å². The van der Waals surface area contributed by atoms with E-state index in [-0.39, 0.29) is 5.82 Å². The van der Waals surface area contributed by atoms with Gasteiger partial charge in [0.15, 0.2) is 10.8 Å². The van der Waals surface area contributed by atoms with Gasteiger partial charge in [0.1, 0.15) is 5.82 Å². The summed E-state index contributed by atoms with van der Waals surface area (Å²) in [4.78, 5) is 0.602. The third-order valence-electron chi connectivity index (χ3n) is 3.22. The van der Waals surface area contributed by atoms with Crippen molar-refractivity contribution in [3.05, 3.63) is 40.4 Å². The van der Waals surface area contributed by atoms with Gasteiger partial charge in [-0.15, -0.1) is 10.2 Å². The van der Waals surface area contributed by atoms with Crippen LogP contribution < -0.4 is 0 Å². The van der Waals surface area contributed by atoms with Crippen LogP contribution in [0.2, 0.25) is 0 Å². The summed E-state index contributed by atoms with van der Waals surface area (Å²) in [5.74, 6) is 0.00369. The fourth-order valence-electron chi connectivity index (χ4n) is 2.13. The van der Waals surface area contributed by atoms with E-state index < -0.39 is 0 Å². The number of rotatable bonds is 2. The lowest BCUT2D eigenvalue weighted by atomic mass is 10.2. The number of aryl methyl sites for hydroxylation is 1. The first kappa shape index (κ1) is 13.5. The summed E-state index contributed by atoms with van der Waals surface area (Å²) in [6.45, 7) is 1.92. The molecule has 0 aliphatic carbocycles. The number of nitrogens with one attached hydrogen (secondary N) is 1. The summed E-state index contributed by atoms with van der Waals surface area (Å²) in [6.07, 6.45) is 1.71. The van der Waals surface area contributed by atoms with E-state index >= 15 is 0 Å². The lowest BCUT2D eigenvalue weighted by Crippen LogP contribution is -1.94. The van der Waals surface area contributed by atoms with Crippen molar-refractivity contribution in [2.45, 2.75) is 6.92 Å². The lowest BCUT2D eigenvalue weighted by molar-refractivity contribution is 0.629. The zero-order valence-corrected chi connectivity index (χ0v) is 13.6. The molecule has 0 aliphatic heterocycles. The van der Waals surface area contributed by atoms with Crippen molar-refractivity contribution < 1.29 is 4.39 Å². The molecule has 4 rings (SSSR count). The van der Waals surface area contributed by atoms with E-state index in [0.29, 0.717) is 16.3 Å². The van der Waals surface area contributed by atoms with E-state index in [9.17, 15) is 4.39 Å². The van der Waals surface area contributed by atoms with E-state index in [2.05, 4.69) is 41.4 Å². The first-order chi connectivity index (χ1) is 10.6. The SMILES string of the molecule is Cc1[nH]ncc1-c1nn2c(-c3cc(Br)ccc3F)nnc2s1. The highest BCUT2D eigenvalue weighted by Crippen LogP contribution is 2.30. The van der Waals surface area contributed by atoms with Crippen molar-refractivity contribution in [1.82, 2.24) is 30.0 Å². The fraction of sp³-hybridized carbons (Fsp3) is 0.0769. The molecule has 3 aromatic heterocycles. The van der Waals surface area contributed by atoms with Crippen molar-refractivity contribution in [2.75, 3.05) is 0 Å². The van der Waals surface area contributed by atoms with Gasteiger partial charge in [-0.3, -0.25) is 5.10 Å². The summed E-state index contributed by atoms with van der Waals surface area (Å²) in [6, 6.07) is 4.68. The standard InChI is InChI=1S/C13H8BrFN6S/c1-6-9(5-16-17-6)12-20-21-11(18-19-13(21)22-12)8-4-7(14)2-3-10(8)15/h2-5H,1H3,(H,16,17). The number of hydrogen-bond acceptors (Lipinski definition) is 5. The second kappa shape index (κ2) is 4.96. The van der Waals surface area contributed by atoms with Crippen LogP contribution in [-0.2, 0) is 0 Å². The Hall–Kier alpha value is -2.13. The first-order valence-corrected chi connectivity index (χ1v) is 7.92. The van der Waals surface area contributed by atoms with Crippen LogP contribution in [0.4, 0.5) is 4.39 Å². The van der Waals surface area contributed by atoms with Gasteiger partial charge in [-0.2, -0.15) is 14.7 Å². The molecule has 0 amide bonds. The highest BCUT2D eigenvalue weighted by molar-refractivity contribution is 9.10. The summed E-state index contributed by atoms with van der Waals surface area (Å²) in [5.41, 5.74) is 2.17. The van der Waals surface area contributed by atoms with Crippen LogP contribution in [0.15, 0.2) is 28.9 Å². The summed E-state index contributed by atoms with van der Waals surface area (Å²) in [5, 5.41) is 20.2. The second-order valence-corrected chi connectivity index (χ2v) is 6.53. The average molecular weight is 379 g/mol. The molecule has 110 valence electrons. The van der Waals surface area contributed by atoms with Gasteiger partial charge in [-0.05, 0) is 25.1 Å². The molecule has 3 heterocycles. The Bertz CT molecular complexity index is 988. The molecule has 0 unspecified atom stereocenters. The van der Waals surface area contributed by atoms with Crippen molar-refractivity contribution >= 4 is 32.2 Å². The lowest BCUT2D eigenvalue weighted by Gasteiger charge is -2.00. The Morgan fingerprint density at radius 3 is 2.91 bits per heavy atom. The number of benzene rings is 1. The Balaban J connectivity index is 1.91. The van der Waals surface area contributed by atoms with Crippen LogP contribution >= 0.6 is 27.3 Å². The van der Waals surface area contributed by atoms with Gasteiger partial charge in [0, 0.05) is 10.2 Å². The Morgan fingerprint density at radius 2 is 2.14 bits per heavy atom. The van der Waals surface area contributed by atoms with Gasteiger partial charge in [0.25, 0.3) is 0 Å². The van der Waals surface area contributed by atoms with Crippen LogP contribution in [0.5, 0.6) is 0 Å². The maximum absolute atomic E-state index is 14.1. The normalized spacial score (nSPS) is 11.4. The monoisotopic (exact) mass is 378 g/mol. The molecule has 0 aliphatic rings. The van der Waals surface area contributed by atoms with Crippen LogP contribution in [0.1, 0.15) is 5.69 Å². The minimum atomic E-state index is -0.369. The second-order valence-electron chi connectivity index (χ2n) is 4.66. The predicted octanol–water partition coefficient (Wildman–Crippen LogP) is 3.45. The summed E-state index contributed by atoms with van der Waals surface area (Å²) in [7, 11) is 0. The highest BCUT2D eigenvalue weighted by atomic mass is 79.9. The number of fused-ring (bicyclic) bond motifs is 1. The van der Waals surface area contributed by atoms with Crippen LogP contribution in [0.3, 0.4) is 0 Å². The molecule has 0 radical (unpaired) electrons. The molecule has 0 fully saturated rings. The van der Waals surface area contributed by atoms with E-state index in [1.165, 1.54) is 17.4 Å². The molecule has 0 spiro atoms. The van der Waals surface area contributed by atoms with E-state index in [1.54, 1.807) is 22.8 Å². The Kier molecular flexibility index (Phi) is 3.05. The van der Waals surface area contributed by atoms with Gasteiger partial charge < -0.3 is 0 Å². The minimum Gasteiger partial charge on any atom is -0.282 e. The third kappa shape index (κ3) is 2.04. The third-order valence-corrected chi connectivity index (χ3v) is 4.65. The maximum Gasteiger partial charge on any atom is 0.235 e. The number of aromatic amines is 1.